The minimum absolute atomic E-state index is 0.0166. The number of alkyl halides is 3. The maximum absolute atomic E-state index is 12.9. The number of ether oxygens (including phenoxy) is 1. The molecular formula is C17H23F3N4O4. The van der Waals surface area contributed by atoms with Crippen molar-refractivity contribution >= 4 is 5.91 Å². The third kappa shape index (κ3) is 4.14. The molecule has 2 aliphatic rings. The van der Waals surface area contributed by atoms with Crippen molar-refractivity contribution in [2.24, 2.45) is 14.1 Å². The summed E-state index contributed by atoms with van der Waals surface area (Å²) in [6.45, 7) is 1.40. The van der Waals surface area contributed by atoms with Crippen LogP contribution < -0.4 is 11.2 Å². The van der Waals surface area contributed by atoms with Gasteiger partial charge in [0.15, 0.2) is 0 Å². The van der Waals surface area contributed by atoms with E-state index in [4.69, 9.17) is 4.74 Å². The van der Waals surface area contributed by atoms with Crippen LogP contribution in [0.25, 0.3) is 0 Å². The molecule has 8 nitrogen and oxygen atoms in total. The number of carbonyl (C=O) groups excluding carboxylic acids is 1. The molecule has 1 atom stereocenters. The quantitative estimate of drug-likeness (QED) is 0.706. The van der Waals surface area contributed by atoms with Crippen LogP contribution in [-0.2, 0) is 18.8 Å². The number of amides is 1. The Morgan fingerprint density at radius 1 is 1.18 bits per heavy atom. The molecule has 0 N–H and O–H groups in total. The number of hydrogen-bond donors (Lipinski definition) is 0. The van der Waals surface area contributed by atoms with E-state index >= 15 is 0 Å². The molecule has 3 rings (SSSR count). The molecule has 1 amide bonds. The Kier molecular flexibility index (Phi) is 5.41. The minimum atomic E-state index is -4.21. The molecule has 0 bridgehead atoms. The summed E-state index contributed by atoms with van der Waals surface area (Å²) in [5.41, 5.74) is -1.92. The van der Waals surface area contributed by atoms with Crippen molar-refractivity contribution in [1.29, 1.82) is 0 Å². The zero-order valence-electron chi connectivity index (χ0n) is 15.8. The zero-order valence-corrected chi connectivity index (χ0v) is 15.8. The number of halogens is 3. The van der Waals surface area contributed by atoms with Crippen molar-refractivity contribution in [1.82, 2.24) is 18.9 Å². The van der Waals surface area contributed by atoms with Gasteiger partial charge in [-0.25, -0.2) is 4.79 Å². The average molecular weight is 404 g/mol. The molecule has 1 unspecified atom stereocenters. The summed E-state index contributed by atoms with van der Waals surface area (Å²) in [6, 6.07) is 1.12. The molecule has 1 aromatic heterocycles. The maximum Gasteiger partial charge on any atom is 0.390 e. The second kappa shape index (κ2) is 7.36. The van der Waals surface area contributed by atoms with Gasteiger partial charge in [-0.3, -0.25) is 23.6 Å². The molecule has 2 saturated heterocycles. The van der Waals surface area contributed by atoms with Crippen molar-refractivity contribution in [3.63, 3.8) is 0 Å². The fourth-order valence-corrected chi connectivity index (χ4v) is 3.77. The summed E-state index contributed by atoms with van der Waals surface area (Å²) in [5, 5.41) is 0. The summed E-state index contributed by atoms with van der Waals surface area (Å²) >= 11 is 0. The Bertz CT molecular complexity index is 879. The van der Waals surface area contributed by atoms with E-state index in [2.05, 4.69) is 0 Å². The largest absolute Gasteiger partial charge is 0.390 e. The predicted molar refractivity (Wildman–Crippen MR) is 93.2 cm³/mol. The third-order valence-electron chi connectivity index (χ3n) is 5.39. The Morgan fingerprint density at radius 3 is 2.57 bits per heavy atom. The standard InChI is InChI=1S/C17H23F3N4O4/c1-21-12(9-13(25)22(2)15(21)27)14(26)24-7-8-28-16(11-24)3-5-23(10-16)6-4-17(18,19)20/h9H,3-8,10-11H2,1-2H3. The van der Waals surface area contributed by atoms with Crippen LogP contribution in [0.5, 0.6) is 0 Å². The number of nitrogens with zero attached hydrogens (tertiary/aromatic N) is 4. The molecule has 0 radical (unpaired) electrons. The molecule has 3 heterocycles. The molecule has 0 aromatic carbocycles. The van der Waals surface area contributed by atoms with Crippen LogP contribution in [0.2, 0.25) is 0 Å². The lowest BCUT2D eigenvalue weighted by Crippen LogP contribution is -2.55. The fourth-order valence-electron chi connectivity index (χ4n) is 3.77. The molecular weight excluding hydrogens is 381 g/mol. The molecule has 2 fully saturated rings. The van der Waals surface area contributed by atoms with Gasteiger partial charge in [-0.2, -0.15) is 13.2 Å². The normalized spacial score (nSPS) is 23.5. The summed E-state index contributed by atoms with van der Waals surface area (Å²) in [5.74, 6) is -0.464. The number of morpholine rings is 1. The summed E-state index contributed by atoms with van der Waals surface area (Å²) in [7, 11) is 2.75. The van der Waals surface area contributed by atoms with Crippen LogP contribution >= 0.6 is 0 Å². The second-order valence-electron chi connectivity index (χ2n) is 7.42. The fraction of sp³-hybridized carbons (Fsp3) is 0.706. The van der Waals surface area contributed by atoms with E-state index in [0.717, 1.165) is 15.2 Å². The van der Waals surface area contributed by atoms with E-state index < -0.39 is 35.4 Å². The Hall–Kier alpha value is -2.14. The Morgan fingerprint density at radius 2 is 1.89 bits per heavy atom. The van der Waals surface area contributed by atoms with Crippen molar-refractivity contribution in [3.8, 4) is 0 Å². The van der Waals surface area contributed by atoms with Crippen LogP contribution in [0.4, 0.5) is 13.2 Å². The van der Waals surface area contributed by atoms with E-state index in [9.17, 15) is 27.6 Å². The van der Waals surface area contributed by atoms with Gasteiger partial charge in [-0.1, -0.05) is 0 Å². The van der Waals surface area contributed by atoms with Crippen molar-refractivity contribution < 1.29 is 22.7 Å². The van der Waals surface area contributed by atoms with E-state index in [1.54, 1.807) is 4.90 Å². The predicted octanol–water partition coefficient (Wildman–Crippen LogP) is -0.0467. The van der Waals surface area contributed by atoms with Gasteiger partial charge in [0.2, 0.25) is 0 Å². The highest BCUT2D eigenvalue weighted by molar-refractivity contribution is 5.92. The number of aromatic nitrogens is 2. The molecule has 28 heavy (non-hydrogen) atoms. The van der Waals surface area contributed by atoms with Gasteiger partial charge in [0.05, 0.1) is 25.2 Å². The third-order valence-corrected chi connectivity index (χ3v) is 5.39. The number of likely N-dealkylation sites (tertiary alicyclic amines) is 1. The SMILES string of the molecule is Cn1c(C(=O)N2CCOC3(CCN(CCC(F)(F)F)C3)C2)cc(=O)n(C)c1=O. The number of hydrogen-bond acceptors (Lipinski definition) is 5. The topological polar surface area (TPSA) is 76.8 Å². The molecule has 1 spiro atoms. The smallest absolute Gasteiger partial charge is 0.370 e. The van der Waals surface area contributed by atoms with Gasteiger partial charge in [0, 0.05) is 46.3 Å². The first-order valence-corrected chi connectivity index (χ1v) is 9.01. The van der Waals surface area contributed by atoms with Crippen LogP contribution in [0.3, 0.4) is 0 Å². The highest BCUT2D eigenvalue weighted by Gasteiger charge is 2.44. The van der Waals surface area contributed by atoms with E-state index in [0.29, 0.717) is 19.5 Å². The first kappa shape index (κ1) is 20.6. The van der Waals surface area contributed by atoms with Gasteiger partial charge in [-0.05, 0) is 6.42 Å². The van der Waals surface area contributed by atoms with Gasteiger partial charge >= 0.3 is 11.9 Å². The van der Waals surface area contributed by atoms with Gasteiger partial charge < -0.3 is 9.64 Å². The van der Waals surface area contributed by atoms with Crippen LogP contribution in [-0.4, -0.2) is 75.9 Å². The van der Waals surface area contributed by atoms with Crippen molar-refractivity contribution in [2.45, 2.75) is 24.6 Å². The van der Waals surface area contributed by atoms with E-state index in [-0.39, 0.29) is 31.9 Å². The highest BCUT2D eigenvalue weighted by atomic mass is 19.4. The number of carbonyl (C=O) groups is 1. The minimum Gasteiger partial charge on any atom is -0.370 e. The van der Waals surface area contributed by atoms with Gasteiger partial charge in [0.1, 0.15) is 5.69 Å². The first-order chi connectivity index (χ1) is 13.0. The molecule has 0 saturated carbocycles. The Labute approximate surface area is 159 Å². The van der Waals surface area contributed by atoms with Gasteiger partial charge in [-0.15, -0.1) is 0 Å². The van der Waals surface area contributed by atoms with Crippen molar-refractivity contribution in [2.75, 3.05) is 39.3 Å². The van der Waals surface area contributed by atoms with Gasteiger partial charge in [0.25, 0.3) is 11.5 Å². The lowest BCUT2D eigenvalue weighted by molar-refractivity contribution is -0.139. The lowest BCUT2D eigenvalue weighted by Gasteiger charge is -2.40. The Balaban J connectivity index is 1.73. The van der Waals surface area contributed by atoms with Crippen molar-refractivity contribution in [3.05, 3.63) is 32.6 Å². The van der Waals surface area contributed by atoms with E-state index in [1.165, 1.54) is 19.0 Å². The summed E-state index contributed by atoms with van der Waals surface area (Å²) < 4.78 is 45.3. The zero-order chi connectivity index (χ0) is 20.7. The molecule has 0 aliphatic carbocycles. The highest BCUT2D eigenvalue weighted by Crippen LogP contribution is 2.31. The molecule has 11 heteroatoms. The molecule has 2 aliphatic heterocycles. The van der Waals surface area contributed by atoms with Crippen LogP contribution in [0.15, 0.2) is 15.7 Å². The maximum atomic E-state index is 12.9. The summed E-state index contributed by atoms with van der Waals surface area (Å²) in [4.78, 5) is 40.1. The average Bonchev–Trinajstić information content (AvgIpc) is 3.02. The van der Waals surface area contributed by atoms with Crippen LogP contribution in [0.1, 0.15) is 23.3 Å². The summed E-state index contributed by atoms with van der Waals surface area (Å²) in [6.07, 6.45) is -4.58. The van der Waals surface area contributed by atoms with E-state index in [1.807, 2.05) is 0 Å². The molecule has 1 aromatic rings. The van der Waals surface area contributed by atoms with Crippen LogP contribution in [0, 0.1) is 0 Å². The monoisotopic (exact) mass is 404 g/mol. The first-order valence-electron chi connectivity index (χ1n) is 9.01. The number of rotatable bonds is 3. The lowest BCUT2D eigenvalue weighted by atomic mass is 10.0. The molecule has 156 valence electrons. The second-order valence-corrected chi connectivity index (χ2v) is 7.42.